The summed E-state index contributed by atoms with van der Waals surface area (Å²) in [6, 6.07) is 13.1. The second-order valence-corrected chi connectivity index (χ2v) is 5.75. The van der Waals surface area contributed by atoms with E-state index in [1.165, 1.54) is 5.56 Å². The molecule has 0 unspecified atom stereocenters. The quantitative estimate of drug-likeness (QED) is 0.557. The molecule has 0 amide bonds. The van der Waals surface area contributed by atoms with Crippen LogP contribution in [0.1, 0.15) is 16.7 Å². The summed E-state index contributed by atoms with van der Waals surface area (Å²) in [6.07, 6.45) is 0. The maximum absolute atomic E-state index is 11.2. The Hall–Kier alpha value is -2.95. The second-order valence-electron chi connectivity index (χ2n) is 5.75. The number of rotatable bonds is 3. The Morgan fingerprint density at radius 3 is 2.43 bits per heavy atom. The van der Waals surface area contributed by atoms with E-state index in [0.717, 1.165) is 22.0 Å². The molecule has 0 radical (unpaired) electrons. The largest absolute Gasteiger partial charge is 0.335 e. The summed E-state index contributed by atoms with van der Waals surface area (Å²) in [7, 11) is 0. The first-order valence-electron chi connectivity index (χ1n) is 7.34. The molecule has 3 aromatic rings. The van der Waals surface area contributed by atoms with E-state index in [9.17, 15) is 10.1 Å². The number of nitrogens with zero attached hydrogens (tertiary/aromatic N) is 2. The van der Waals surface area contributed by atoms with E-state index >= 15 is 0 Å². The molecule has 0 spiro atoms. The highest BCUT2D eigenvalue weighted by Crippen LogP contribution is 2.29. The lowest BCUT2D eigenvalue weighted by molar-refractivity contribution is -0.384. The molecule has 0 atom stereocenters. The first kappa shape index (κ1) is 15.0. The number of hydrogen-bond acceptors (Lipinski definition) is 4. The summed E-state index contributed by atoms with van der Waals surface area (Å²) in [4.78, 5) is 15.4. The smallest absolute Gasteiger partial charge is 0.292 e. The molecule has 0 bridgehead atoms. The fraction of sp³-hybridized carbons (Fsp3) is 0.167. The molecule has 0 aliphatic rings. The predicted octanol–water partition coefficient (Wildman–Crippen LogP) is 4.81. The third-order valence-corrected chi connectivity index (χ3v) is 3.78. The number of nitro groups is 1. The number of nitrogens with one attached hydrogen (secondary N) is 1. The van der Waals surface area contributed by atoms with Gasteiger partial charge in [0.2, 0.25) is 0 Å². The van der Waals surface area contributed by atoms with Gasteiger partial charge in [-0.2, -0.15) is 0 Å². The fourth-order valence-corrected chi connectivity index (χ4v) is 2.61. The standard InChI is InChI=1S/C18H17N3O2/c1-11-4-6-15-14(8-11)13(3)10-18(19-15)20-16-7-5-12(2)9-17(16)21(22)23/h4-10H,1-3H3,(H,19,20). The van der Waals surface area contributed by atoms with Gasteiger partial charge in [-0.25, -0.2) is 4.98 Å². The minimum absolute atomic E-state index is 0.0495. The summed E-state index contributed by atoms with van der Waals surface area (Å²) >= 11 is 0. The number of fused-ring (bicyclic) bond motifs is 1. The van der Waals surface area contributed by atoms with Crippen LogP contribution in [-0.4, -0.2) is 9.91 Å². The van der Waals surface area contributed by atoms with E-state index in [0.29, 0.717) is 11.5 Å². The lowest BCUT2D eigenvalue weighted by Crippen LogP contribution is -2.00. The topological polar surface area (TPSA) is 68.1 Å². The van der Waals surface area contributed by atoms with Gasteiger partial charge in [0.05, 0.1) is 10.4 Å². The molecule has 116 valence electrons. The predicted molar refractivity (Wildman–Crippen MR) is 92.3 cm³/mol. The SMILES string of the molecule is Cc1ccc(Nc2cc(C)c3cc(C)ccc3n2)c([N+](=O)[O-])c1. The fourth-order valence-electron chi connectivity index (χ4n) is 2.61. The third-order valence-electron chi connectivity index (χ3n) is 3.78. The van der Waals surface area contributed by atoms with Gasteiger partial charge >= 0.3 is 0 Å². The number of aryl methyl sites for hydroxylation is 3. The molecule has 1 aromatic heterocycles. The molecule has 2 aromatic carbocycles. The molecule has 5 nitrogen and oxygen atoms in total. The van der Waals surface area contributed by atoms with Crippen molar-refractivity contribution >= 4 is 28.1 Å². The van der Waals surface area contributed by atoms with Crippen molar-refractivity contribution in [1.29, 1.82) is 0 Å². The summed E-state index contributed by atoms with van der Waals surface area (Å²) in [5.41, 5.74) is 4.47. The molecule has 0 saturated carbocycles. The van der Waals surface area contributed by atoms with Crippen molar-refractivity contribution in [2.45, 2.75) is 20.8 Å². The van der Waals surface area contributed by atoms with Gasteiger partial charge in [0, 0.05) is 11.5 Å². The van der Waals surface area contributed by atoms with Crippen molar-refractivity contribution in [3.05, 3.63) is 69.3 Å². The van der Waals surface area contributed by atoms with Crippen LogP contribution in [0.2, 0.25) is 0 Å². The van der Waals surface area contributed by atoms with Crippen LogP contribution in [0, 0.1) is 30.9 Å². The number of hydrogen-bond donors (Lipinski definition) is 1. The van der Waals surface area contributed by atoms with Gasteiger partial charge in [-0.15, -0.1) is 0 Å². The van der Waals surface area contributed by atoms with Crippen molar-refractivity contribution < 1.29 is 4.92 Å². The molecule has 0 saturated heterocycles. The van der Waals surface area contributed by atoms with E-state index in [1.54, 1.807) is 12.1 Å². The monoisotopic (exact) mass is 307 g/mol. The van der Waals surface area contributed by atoms with E-state index in [4.69, 9.17) is 0 Å². The molecular formula is C18H17N3O2. The van der Waals surface area contributed by atoms with E-state index in [-0.39, 0.29) is 10.6 Å². The maximum Gasteiger partial charge on any atom is 0.292 e. The first-order valence-corrected chi connectivity index (χ1v) is 7.34. The molecule has 0 fully saturated rings. The summed E-state index contributed by atoms with van der Waals surface area (Å²) in [6.45, 7) is 5.89. The Morgan fingerprint density at radius 1 is 1.00 bits per heavy atom. The Kier molecular flexibility index (Phi) is 3.70. The minimum atomic E-state index is -0.382. The average molecular weight is 307 g/mol. The summed E-state index contributed by atoms with van der Waals surface area (Å²) in [5.74, 6) is 0.603. The highest BCUT2D eigenvalue weighted by Gasteiger charge is 2.14. The molecule has 1 heterocycles. The molecule has 23 heavy (non-hydrogen) atoms. The summed E-state index contributed by atoms with van der Waals surface area (Å²) in [5, 5.41) is 15.4. The van der Waals surface area contributed by atoms with Gasteiger partial charge in [-0.05, 0) is 56.2 Å². The van der Waals surface area contributed by atoms with Crippen molar-refractivity contribution in [2.75, 3.05) is 5.32 Å². The minimum Gasteiger partial charge on any atom is -0.335 e. The zero-order valence-corrected chi connectivity index (χ0v) is 13.3. The molecule has 3 rings (SSSR count). The van der Waals surface area contributed by atoms with E-state index in [1.807, 2.05) is 45.0 Å². The molecule has 1 N–H and O–H groups in total. The van der Waals surface area contributed by atoms with Crippen molar-refractivity contribution in [3.8, 4) is 0 Å². The Balaban J connectivity index is 2.06. The van der Waals surface area contributed by atoms with Crippen LogP contribution >= 0.6 is 0 Å². The van der Waals surface area contributed by atoms with Gasteiger partial charge in [-0.3, -0.25) is 10.1 Å². The zero-order chi connectivity index (χ0) is 16.6. The maximum atomic E-state index is 11.2. The van der Waals surface area contributed by atoms with Crippen molar-refractivity contribution in [2.24, 2.45) is 0 Å². The van der Waals surface area contributed by atoms with Gasteiger partial charge in [0.25, 0.3) is 5.69 Å². The van der Waals surface area contributed by atoms with Gasteiger partial charge in [0.15, 0.2) is 0 Å². The highest BCUT2D eigenvalue weighted by atomic mass is 16.6. The summed E-state index contributed by atoms with van der Waals surface area (Å²) < 4.78 is 0. The van der Waals surface area contributed by atoms with Gasteiger partial charge < -0.3 is 5.32 Å². The van der Waals surface area contributed by atoms with Crippen LogP contribution in [0.4, 0.5) is 17.2 Å². The van der Waals surface area contributed by atoms with Crippen molar-refractivity contribution in [1.82, 2.24) is 4.98 Å². The van der Waals surface area contributed by atoms with Gasteiger partial charge in [0.1, 0.15) is 11.5 Å². The Morgan fingerprint density at radius 2 is 1.70 bits per heavy atom. The molecule has 0 aliphatic carbocycles. The third kappa shape index (κ3) is 2.99. The molecular weight excluding hydrogens is 290 g/mol. The number of anilines is 2. The average Bonchev–Trinajstić information content (AvgIpc) is 2.50. The lowest BCUT2D eigenvalue weighted by atomic mass is 10.1. The van der Waals surface area contributed by atoms with Crippen LogP contribution < -0.4 is 5.32 Å². The number of nitro benzene ring substituents is 1. The van der Waals surface area contributed by atoms with Crippen LogP contribution in [0.15, 0.2) is 42.5 Å². The Labute approximate surface area is 134 Å². The highest BCUT2D eigenvalue weighted by molar-refractivity contribution is 5.85. The van der Waals surface area contributed by atoms with Gasteiger partial charge in [-0.1, -0.05) is 17.7 Å². The zero-order valence-electron chi connectivity index (χ0n) is 13.3. The second kappa shape index (κ2) is 5.68. The van der Waals surface area contributed by atoms with Crippen LogP contribution in [0.3, 0.4) is 0 Å². The number of pyridine rings is 1. The number of aromatic nitrogens is 1. The van der Waals surface area contributed by atoms with Crippen LogP contribution in [0.5, 0.6) is 0 Å². The van der Waals surface area contributed by atoms with Crippen LogP contribution in [0.25, 0.3) is 10.9 Å². The van der Waals surface area contributed by atoms with E-state index < -0.39 is 0 Å². The van der Waals surface area contributed by atoms with E-state index in [2.05, 4.69) is 16.4 Å². The Bertz CT molecular complexity index is 920. The molecule has 0 aliphatic heterocycles. The van der Waals surface area contributed by atoms with Crippen molar-refractivity contribution in [3.63, 3.8) is 0 Å². The molecule has 5 heteroatoms. The number of benzene rings is 2. The normalized spacial score (nSPS) is 10.7. The first-order chi connectivity index (χ1) is 10.9. The lowest BCUT2D eigenvalue weighted by Gasteiger charge is -2.10. The van der Waals surface area contributed by atoms with Crippen LogP contribution in [-0.2, 0) is 0 Å².